The highest BCUT2D eigenvalue weighted by molar-refractivity contribution is 5.95. The Kier molecular flexibility index (Phi) is 13.4. The van der Waals surface area contributed by atoms with Crippen LogP contribution in [0.15, 0.2) is 84.9 Å². The van der Waals surface area contributed by atoms with E-state index in [0.29, 0.717) is 26.0 Å². The van der Waals surface area contributed by atoms with Gasteiger partial charge in [-0.2, -0.15) is 0 Å². The van der Waals surface area contributed by atoms with Crippen LogP contribution >= 0.6 is 0 Å². The van der Waals surface area contributed by atoms with Crippen LogP contribution in [-0.4, -0.2) is 90.2 Å². The van der Waals surface area contributed by atoms with Crippen molar-refractivity contribution in [3.05, 3.63) is 96.1 Å². The van der Waals surface area contributed by atoms with Crippen molar-refractivity contribution in [1.29, 1.82) is 0 Å². The molecule has 1 fully saturated rings. The Hall–Kier alpha value is -4.70. The summed E-state index contributed by atoms with van der Waals surface area (Å²) in [7, 11) is 3.25. The van der Waals surface area contributed by atoms with Crippen molar-refractivity contribution in [1.82, 2.24) is 20.4 Å². The molecule has 0 bridgehead atoms. The lowest BCUT2D eigenvalue weighted by Crippen LogP contribution is -2.56. The fourth-order valence-corrected chi connectivity index (χ4v) is 6.19. The summed E-state index contributed by atoms with van der Waals surface area (Å²) in [6.07, 6.45) is 5.24. The van der Waals surface area contributed by atoms with Gasteiger partial charge in [0.25, 0.3) is 0 Å². The molecule has 0 radical (unpaired) electrons. The van der Waals surface area contributed by atoms with Gasteiger partial charge in [0.1, 0.15) is 17.7 Å². The first-order valence-corrected chi connectivity index (χ1v) is 17.7. The van der Waals surface area contributed by atoms with Crippen molar-refractivity contribution in [2.24, 2.45) is 0 Å². The zero-order valence-corrected chi connectivity index (χ0v) is 31.1. The fourth-order valence-electron chi connectivity index (χ4n) is 6.19. The van der Waals surface area contributed by atoms with Gasteiger partial charge in [-0.15, -0.1) is 0 Å². The summed E-state index contributed by atoms with van der Waals surface area (Å²) in [6.45, 7) is 10.1. The average Bonchev–Trinajstić information content (AvgIpc) is 3.61. The smallest absolute Gasteiger partial charge is 0.408 e. The minimum absolute atomic E-state index is 0.0497. The second-order valence-corrected chi connectivity index (χ2v) is 15.0. The van der Waals surface area contributed by atoms with E-state index in [0.717, 1.165) is 34.7 Å². The van der Waals surface area contributed by atoms with Gasteiger partial charge < -0.3 is 29.9 Å². The minimum Gasteiger partial charge on any atom is -0.444 e. The molecule has 3 aromatic rings. The van der Waals surface area contributed by atoms with Crippen LogP contribution in [-0.2, 0) is 36.7 Å². The molecule has 2 N–H and O–H groups in total. The van der Waals surface area contributed by atoms with E-state index in [1.807, 2.05) is 86.6 Å². The summed E-state index contributed by atoms with van der Waals surface area (Å²) in [5.74, 6) is -1.01. The third-order valence-electron chi connectivity index (χ3n) is 9.04. The molecule has 51 heavy (non-hydrogen) atoms. The van der Waals surface area contributed by atoms with E-state index in [9.17, 15) is 19.2 Å². The molecule has 1 unspecified atom stereocenters. The van der Waals surface area contributed by atoms with Gasteiger partial charge in [0.2, 0.25) is 17.7 Å². The van der Waals surface area contributed by atoms with Crippen molar-refractivity contribution in [2.45, 2.75) is 96.1 Å². The molecule has 3 aromatic carbocycles. The SMILES string of the molecule is CN(C(=O)C=CCC(C)(C)NC(=O)OC(C)(C)C)[C@H](Cc1cccc2ccccc12)C(=O)N(C)[C@H](Cc1ccccc1)C(=O)NCC1CCCO1. The summed E-state index contributed by atoms with van der Waals surface area (Å²) in [6, 6.07) is 21.7. The van der Waals surface area contributed by atoms with E-state index in [4.69, 9.17) is 9.47 Å². The predicted molar refractivity (Wildman–Crippen MR) is 200 cm³/mol. The third-order valence-corrected chi connectivity index (χ3v) is 9.04. The zero-order chi connectivity index (χ0) is 37.2. The summed E-state index contributed by atoms with van der Waals surface area (Å²) < 4.78 is 11.1. The Morgan fingerprint density at radius 3 is 2.25 bits per heavy atom. The molecule has 0 aromatic heterocycles. The highest BCUT2D eigenvalue weighted by Gasteiger charge is 2.35. The standard InChI is InChI=1S/C41H54N4O6/c1-40(2,3)51-39(49)43-41(4,5)24-14-23-36(46)44(6)35(27-31-20-13-19-30-18-11-12-22-33(30)31)38(48)45(7)34(26-29-16-9-8-10-17-29)37(47)42-28-32-21-15-25-50-32/h8-14,16-20,22-23,32,34-35H,15,21,24-28H2,1-7H3,(H,42,47)(H,43,49)/t32?,34-,35-/m1/s1. The molecule has 4 rings (SSSR count). The maximum atomic E-state index is 14.6. The number of ether oxygens (including phenoxy) is 2. The van der Waals surface area contributed by atoms with Gasteiger partial charge in [-0.3, -0.25) is 14.4 Å². The number of carbonyl (C=O) groups is 4. The van der Waals surface area contributed by atoms with E-state index >= 15 is 0 Å². The molecule has 0 spiro atoms. The monoisotopic (exact) mass is 698 g/mol. The lowest BCUT2D eigenvalue weighted by Gasteiger charge is -2.34. The van der Waals surface area contributed by atoms with E-state index in [2.05, 4.69) is 10.6 Å². The number of nitrogens with one attached hydrogen (secondary N) is 2. The van der Waals surface area contributed by atoms with Gasteiger partial charge in [-0.25, -0.2) is 4.79 Å². The van der Waals surface area contributed by atoms with Crippen LogP contribution in [0.2, 0.25) is 0 Å². The first-order chi connectivity index (χ1) is 24.1. The fraction of sp³-hybridized carbons (Fsp3) is 0.463. The molecule has 3 atom stereocenters. The minimum atomic E-state index is -0.921. The molecule has 4 amide bonds. The average molecular weight is 699 g/mol. The van der Waals surface area contributed by atoms with Crippen LogP contribution in [0.3, 0.4) is 0 Å². The number of benzene rings is 3. The Bertz CT molecular complexity index is 1670. The number of hydrogen-bond donors (Lipinski definition) is 2. The van der Waals surface area contributed by atoms with Gasteiger partial charge in [0, 0.05) is 45.6 Å². The molecule has 274 valence electrons. The largest absolute Gasteiger partial charge is 0.444 e. The summed E-state index contributed by atoms with van der Waals surface area (Å²) in [4.78, 5) is 57.5. The molecule has 1 saturated heterocycles. The molecule has 0 aliphatic carbocycles. The van der Waals surface area contributed by atoms with Crippen molar-refractivity contribution in [3.8, 4) is 0 Å². The van der Waals surface area contributed by atoms with Crippen molar-refractivity contribution >= 4 is 34.6 Å². The molecule has 1 aliphatic rings. The number of alkyl carbamates (subject to hydrolysis) is 1. The first kappa shape index (κ1) is 39.1. The molecule has 1 heterocycles. The van der Waals surface area contributed by atoms with Gasteiger partial charge in [-0.05, 0) is 81.9 Å². The maximum Gasteiger partial charge on any atom is 0.408 e. The quantitative estimate of drug-likeness (QED) is 0.205. The number of likely N-dealkylation sites (N-methyl/N-ethyl adjacent to an activating group) is 2. The van der Waals surface area contributed by atoms with Gasteiger partial charge >= 0.3 is 6.09 Å². The molecular weight excluding hydrogens is 644 g/mol. The van der Waals surface area contributed by atoms with Crippen LogP contribution < -0.4 is 10.6 Å². The van der Waals surface area contributed by atoms with E-state index in [1.54, 1.807) is 40.9 Å². The van der Waals surface area contributed by atoms with E-state index in [1.165, 1.54) is 15.9 Å². The highest BCUT2D eigenvalue weighted by Crippen LogP contribution is 2.23. The van der Waals surface area contributed by atoms with E-state index in [-0.39, 0.29) is 30.2 Å². The third kappa shape index (κ3) is 11.7. The van der Waals surface area contributed by atoms with Crippen molar-refractivity contribution in [2.75, 3.05) is 27.2 Å². The molecule has 10 nitrogen and oxygen atoms in total. The molecule has 0 saturated carbocycles. The zero-order valence-electron chi connectivity index (χ0n) is 31.1. The van der Waals surface area contributed by atoms with Crippen molar-refractivity contribution in [3.63, 3.8) is 0 Å². The van der Waals surface area contributed by atoms with Gasteiger partial charge in [0.05, 0.1) is 6.10 Å². The van der Waals surface area contributed by atoms with Gasteiger partial charge in [0.15, 0.2) is 0 Å². The summed E-state index contributed by atoms with van der Waals surface area (Å²) >= 11 is 0. The number of rotatable bonds is 14. The van der Waals surface area contributed by atoms with Gasteiger partial charge in [-0.1, -0.05) is 78.9 Å². The molecular formula is C41H54N4O6. The Morgan fingerprint density at radius 1 is 0.882 bits per heavy atom. The number of fused-ring (bicyclic) bond motifs is 1. The van der Waals surface area contributed by atoms with Crippen molar-refractivity contribution < 1.29 is 28.7 Å². The van der Waals surface area contributed by atoms with Crippen LogP contribution in [0.25, 0.3) is 10.8 Å². The second-order valence-electron chi connectivity index (χ2n) is 15.0. The first-order valence-electron chi connectivity index (χ1n) is 17.7. The predicted octanol–water partition coefficient (Wildman–Crippen LogP) is 5.82. The second kappa shape index (κ2) is 17.5. The van der Waals surface area contributed by atoms with E-state index < -0.39 is 29.3 Å². The molecule has 1 aliphatic heterocycles. The van der Waals surface area contributed by atoms with Crippen LogP contribution in [0, 0.1) is 0 Å². The topological polar surface area (TPSA) is 117 Å². The number of amides is 4. The Labute approximate surface area is 302 Å². The van der Waals surface area contributed by atoms with Crippen LogP contribution in [0.4, 0.5) is 4.79 Å². The summed E-state index contributed by atoms with van der Waals surface area (Å²) in [5, 5.41) is 7.89. The lowest BCUT2D eigenvalue weighted by atomic mass is 9.96. The van der Waals surface area contributed by atoms with Crippen LogP contribution in [0.1, 0.15) is 65.0 Å². The Morgan fingerprint density at radius 2 is 1.57 bits per heavy atom. The normalized spacial score (nSPS) is 16.0. The summed E-state index contributed by atoms with van der Waals surface area (Å²) in [5.41, 5.74) is 0.486. The maximum absolute atomic E-state index is 14.6. The highest BCUT2D eigenvalue weighted by atomic mass is 16.6. The number of hydrogen-bond acceptors (Lipinski definition) is 6. The lowest BCUT2D eigenvalue weighted by molar-refractivity contribution is -0.146. The number of carbonyl (C=O) groups excluding carboxylic acids is 4. The Balaban J connectivity index is 1.59. The number of nitrogens with zero attached hydrogens (tertiary/aromatic N) is 2. The molecule has 10 heteroatoms. The van der Waals surface area contributed by atoms with Crippen LogP contribution in [0.5, 0.6) is 0 Å².